The van der Waals surface area contributed by atoms with Crippen LogP contribution in [0.25, 0.3) is 0 Å². The van der Waals surface area contributed by atoms with Crippen molar-refractivity contribution in [3.8, 4) is 11.5 Å². The van der Waals surface area contributed by atoms with Gasteiger partial charge < -0.3 is 14.8 Å². The second-order valence-electron chi connectivity index (χ2n) is 5.99. The van der Waals surface area contributed by atoms with E-state index in [1.54, 1.807) is 42.5 Å². The zero-order valence-electron chi connectivity index (χ0n) is 15.6. The molecule has 0 radical (unpaired) electrons. The molecule has 146 valence electrons. The minimum Gasteiger partial charge on any atom is -0.497 e. The molecule has 8 heteroatoms. The number of sulfone groups is 1. The smallest absolute Gasteiger partial charge is 0.265 e. The predicted molar refractivity (Wildman–Crippen MR) is 108 cm³/mol. The molecule has 0 aliphatic rings. The second kappa shape index (κ2) is 8.04. The van der Waals surface area contributed by atoms with Gasteiger partial charge in [-0.05, 0) is 31.2 Å². The van der Waals surface area contributed by atoms with Crippen LogP contribution in [0.2, 0.25) is 0 Å². The average Bonchev–Trinajstić information content (AvgIpc) is 3.19. The summed E-state index contributed by atoms with van der Waals surface area (Å²) >= 11 is 0.924. The highest BCUT2D eigenvalue weighted by Crippen LogP contribution is 2.30. The van der Waals surface area contributed by atoms with Gasteiger partial charge in [-0.1, -0.05) is 17.7 Å². The molecule has 1 heterocycles. The van der Waals surface area contributed by atoms with Gasteiger partial charge in [0.25, 0.3) is 5.91 Å². The minimum absolute atomic E-state index is 0.115. The van der Waals surface area contributed by atoms with Crippen LogP contribution in [0.15, 0.2) is 63.7 Å². The summed E-state index contributed by atoms with van der Waals surface area (Å²) in [6.45, 7) is 1.89. The van der Waals surface area contributed by atoms with E-state index in [0.29, 0.717) is 17.2 Å². The third kappa shape index (κ3) is 4.18. The van der Waals surface area contributed by atoms with Gasteiger partial charge in [0.1, 0.15) is 15.7 Å². The van der Waals surface area contributed by atoms with Crippen LogP contribution in [0.1, 0.15) is 15.2 Å². The molecule has 0 unspecified atom stereocenters. The largest absolute Gasteiger partial charge is 0.497 e. The van der Waals surface area contributed by atoms with Crippen LogP contribution in [0, 0.1) is 6.92 Å². The second-order valence-corrected chi connectivity index (χ2v) is 9.25. The number of anilines is 1. The van der Waals surface area contributed by atoms with E-state index in [2.05, 4.69) is 5.32 Å². The summed E-state index contributed by atoms with van der Waals surface area (Å²) in [6, 6.07) is 14.5. The quantitative estimate of drug-likeness (QED) is 0.651. The number of thiophene rings is 1. The number of amides is 1. The van der Waals surface area contributed by atoms with Gasteiger partial charge in [-0.2, -0.15) is 0 Å². The summed E-state index contributed by atoms with van der Waals surface area (Å²) in [7, 11) is -0.633. The maximum atomic E-state index is 12.8. The number of hydrogen-bond donors (Lipinski definition) is 1. The molecule has 28 heavy (non-hydrogen) atoms. The first kappa shape index (κ1) is 19.9. The normalized spacial score (nSPS) is 11.1. The van der Waals surface area contributed by atoms with Crippen molar-refractivity contribution < 1.29 is 22.7 Å². The highest BCUT2D eigenvalue weighted by molar-refractivity contribution is 7.93. The maximum absolute atomic E-state index is 12.8. The molecular weight excluding hydrogens is 398 g/mol. The highest BCUT2D eigenvalue weighted by Gasteiger charge is 2.22. The standard InChI is InChI=1S/C20H19NO5S2/c1-13-4-6-17(7-5-13)28(23,24)19-9-8-18(27-19)20(22)21-14-10-15(25-2)12-16(11-14)26-3/h4-12H,1-3H3,(H,21,22). The van der Waals surface area contributed by atoms with Crippen molar-refractivity contribution in [3.63, 3.8) is 0 Å². The van der Waals surface area contributed by atoms with Gasteiger partial charge in [0.05, 0.1) is 24.0 Å². The number of ether oxygens (including phenoxy) is 2. The molecule has 3 rings (SSSR count). The van der Waals surface area contributed by atoms with Gasteiger partial charge in [0.15, 0.2) is 0 Å². The number of aryl methyl sites for hydroxylation is 1. The van der Waals surface area contributed by atoms with Crippen molar-refractivity contribution in [2.24, 2.45) is 0 Å². The molecular formula is C20H19NO5S2. The van der Waals surface area contributed by atoms with Crippen LogP contribution < -0.4 is 14.8 Å². The van der Waals surface area contributed by atoms with Crippen LogP contribution >= 0.6 is 11.3 Å². The maximum Gasteiger partial charge on any atom is 0.265 e. The van der Waals surface area contributed by atoms with Gasteiger partial charge in [-0.25, -0.2) is 8.42 Å². The van der Waals surface area contributed by atoms with Crippen molar-refractivity contribution in [2.75, 3.05) is 19.5 Å². The van der Waals surface area contributed by atoms with Gasteiger partial charge in [-0.15, -0.1) is 11.3 Å². The number of hydrogen-bond acceptors (Lipinski definition) is 6. The molecule has 0 spiro atoms. The highest BCUT2D eigenvalue weighted by atomic mass is 32.2. The van der Waals surface area contributed by atoms with Crippen molar-refractivity contribution in [2.45, 2.75) is 16.0 Å². The summed E-state index contributed by atoms with van der Waals surface area (Å²) in [6.07, 6.45) is 0. The molecule has 0 saturated carbocycles. The van der Waals surface area contributed by atoms with Crippen LogP contribution in [0.4, 0.5) is 5.69 Å². The summed E-state index contributed by atoms with van der Waals surface area (Å²) in [5, 5.41) is 2.74. The number of carbonyl (C=O) groups excluding carboxylic acids is 1. The Morgan fingerprint density at radius 1 is 0.929 bits per heavy atom. The zero-order chi connectivity index (χ0) is 20.3. The molecule has 1 N–H and O–H groups in total. The lowest BCUT2D eigenvalue weighted by Gasteiger charge is -2.09. The topological polar surface area (TPSA) is 81.7 Å². The fourth-order valence-corrected chi connectivity index (χ4v) is 5.10. The van der Waals surface area contributed by atoms with Crippen LogP contribution in [-0.4, -0.2) is 28.5 Å². The van der Waals surface area contributed by atoms with Crippen molar-refractivity contribution in [1.29, 1.82) is 0 Å². The van der Waals surface area contributed by atoms with Crippen LogP contribution in [0.5, 0.6) is 11.5 Å². The molecule has 0 saturated heterocycles. The zero-order valence-corrected chi connectivity index (χ0v) is 17.2. The summed E-state index contributed by atoms with van der Waals surface area (Å²) in [5.74, 6) is 0.651. The number of nitrogens with one attached hydrogen (secondary N) is 1. The fourth-order valence-electron chi connectivity index (χ4n) is 2.49. The van der Waals surface area contributed by atoms with E-state index in [1.807, 2.05) is 6.92 Å². The van der Waals surface area contributed by atoms with E-state index in [9.17, 15) is 13.2 Å². The third-order valence-corrected chi connectivity index (χ3v) is 7.36. The SMILES string of the molecule is COc1cc(NC(=O)c2ccc(S(=O)(=O)c3ccc(C)cc3)s2)cc(OC)c1. The van der Waals surface area contributed by atoms with Crippen LogP contribution in [-0.2, 0) is 9.84 Å². The molecule has 1 aromatic heterocycles. The Bertz CT molecular complexity index is 1080. The molecule has 0 atom stereocenters. The molecule has 6 nitrogen and oxygen atoms in total. The Hall–Kier alpha value is -2.84. The first-order valence-corrected chi connectivity index (χ1v) is 10.6. The number of benzene rings is 2. The number of carbonyl (C=O) groups is 1. The first-order valence-electron chi connectivity index (χ1n) is 8.29. The van der Waals surface area contributed by atoms with E-state index in [-0.39, 0.29) is 14.0 Å². The Kier molecular flexibility index (Phi) is 5.71. The van der Waals surface area contributed by atoms with Gasteiger partial charge in [0, 0.05) is 23.9 Å². The Morgan fingerprint density at radius 2 is 1.54 bits per heavy atom. The predicted octanol–water partition coefficient (Wildman–Crippen LogP) is 4.16. The van der Waals surface area contributed by atoms with Gasteiger partial charge in [0.2, 0.25) is 9.84 Å². The number of rotatable bonds is 6. The van der Waals surface area contributed by atoms with E-state index in [1.165, 1.54) is 26.4 Å². The molecule has 3 aromatic rings. The Morgan fingerprint density at radius 3 is 2.11 bits per heavy atom. The van der Waals surface area contributed by atoms with E-state index >= 15 is 0 Å². The van der Waals surface area contributed by atoms with E-state index in [4.69, 9.17) is 9.47 Å². The van der Waals surface area contributed by atoms with E-state index in [0.717, 1.165) is 16.9 Å². The lowest BCUT2D eigenvalue weighted by Crippen LogP contribution is -2.10. The first-order chi connectivity index (χ1) is 13.3. The monoisotopic (exact) mass is 417 g/mol. The fraction of sp³-hybridized carbons (Fsp3) is 0.150. The van der Waals surface area contributed by atoms with Gasteiger partial charge in [-0.3, -0.25) is 4.79 Å². The van der Waals surface area contributed by atoms with Gasteiger partial charge >= 0.3 is 0 Å². The minimum atomic E-state index is -3.66. The number of methoxy groups -OCH3 is 2. The summed E-state index contributed by atoms with van der Waals surface area (Å²) < 4.78 is 36.0. The van der Waals surface area contributed by atoms with E-state index < -0.39 is 15.7 Å². The Labute approximate surface area is 167 Å². The van der Waals surface area contributed by atoms with Crippen molar-refractivity contribution in [3.05, 3.63) is 65.0 Å². The van der Waals surface area contributed by atoms with Crippen molar-refractivity contribution in [1.82, 2.24) is 0 Å². The molecule has 2 aromatic carbocycles. The lowest BCUT2D eigenvalue weighted by atomic mass is 10.2. The average molecular weight is 418 g/mol. The summed E-state index contributed by atoms with van der Waals surface area (Å²) in [5.41, 5.74) is 1.46. The molecule has 0 aliphatic heterocycles. The molecule has 0 bridgehead atoms. The molecule has 0 fully saturated rings. The third-order valence-electron chi connectivity index (χ3n) is 4.01. The molecule has 1 amide bonds. The lowest BCUT2D eigenvalue weighted by molar-refractivity contribution is 0.103. The van der Waals surface area contributed by atoms with Crippen LogP contribution in [0.3, 0.4) is 0 Å². The molecule has 0 aliphatic carbocycles. The Balaban J connectivity index is 1.84. The van der Waals surface area contributed by atoms with Crippen molar-refractivity contribution >= 4 is 32.8 Å². The summed E-state index contributed by atoms with van der Waals surface area (Å²) in [4.78, 5) is 13.0.